The highest BCUT2D eigenvalue weighted by molar-refractivity contribution is 5.77. The summed E-state index contributed by atoms with van der Waals surface area (Å²) in [5.41, 5.74) is 25.7. The van der Waals surface area contributed by atoms with Crippen LogP contribution >= 0.6 is 0 Å². The van der Waals surface area contributed by atoms with E-state index >= 15 is 0 Å². The first-order chi connectivity index (χ1) is 54.5. The first kappa shape index (κ1) is 90.6. The van der Waals surface area contributed by atoms with Crippen molar-refractivity contribution < 1.29 is 14.3 Å². The molecule has 5 aliphatic rings. The van der Waals surface area contributed by atoms with Gasteiger partial charge in [0.25, 0.3) is 0 Å². The molecule has 3 nitrogen and oxygen atoms in total. The van der Waals surface area contributed by atoms with Crippen molar-refractivity contribution >= 4 is 12.0 Å². The van der Waals surface area contributed by atoms with Crippen LogP contribution in [-0.4, -0.2) is 18.7 Å². The Balaban J connectivity index is 0.000000173. The Kier molecular flexibility index (Phi) is 37.4. The molecule has 0 spiro atoms. The number of esters is 1. The number of hydrogen-bond acceptors (Lipinski definition) is 3. The topological polar surface area (TPSA) is 35.5 Å². The summed E-state index contributed by atoms with van der Waals surface area (Å²) < 4.78 is 12.3. The zero-order valence-corrected chi connectivity index (χ0v) is 75.0. The van der Waals surface area contributed by atoms with Gasteiger partial charge < -0.3 is 9.47 Å². The minimum atomic E-state index is -0.0350. The van der Waals surface area contributed by atoms with E-state index in [0.717, 1.165) is 83.7 Å². The number of carbonyl (C=O) groups excluding carboxylic acids is 1. The number of hydrogen-bond donors (Lipinski definition) is 0. The third-order valence-electron chi connectivity index (χ3n) is 27.6. The van der Waals surface area contributed by atoms with Gasteiger partial charge in [-0.2, -0.15) is 0 Å². The summed E-state index contributed by atoms with van der Waals surface area (Å²) >= 11 is 0. The molecule has 0 bridgehead atoms. The highest BCUT2D eigenvalue weighted by Crippen LogP contribution is 2.42. The molecule has 616 valence electrons. The maximum atomic E-state index is 12.9. The minimum absolute atomic E-state index is 0.0350. The SMILES string of the molecule is CCCC1CCC(/C=C/c2c(C)cc(-c3ccc(C(C)C)cc3)cc2C)CC1.CCCC1CCC(CCc2c(C)cc(-c3ccc(C(C)C)cc3)cc2C)CC1.CCCC1CCC(COC2CCC(c3ccc(C(C)C)cc3)CC2)CC1.CCCCCC1CCC(C(=O)Oc2c(C)cc(-c3ccc(C(C)C)cc3)cc2C)CC1. The third-order valence-corrected chi connectivity index (χ3v) is 27.6. The Morgan fingerprint density at radius 2 is 0.717 bits per heavy atom. The largest absolute Gasteiger partial charge is 0.426 e. The van der Waals surface area contributed by atoms with Crippen LogP contribution in [0.25, 0.3) is 39.5 Å². The second-order valence-electron chi connectivity index (χ2n) is 38.0. The maximum absolute atomic E-state index is 12.9. The normalized spacial score (nSPS) is 22.0. The molecule has 0 N–H and O–H groups in total. The number of ether oxygens (including phenoxy) is 2. The van der Waals surface area contributed by atoms with Crippen molar-refractivity contribution in [2.24, 2.45) is 47.3 Å². The zero-order valence-electron chi connectivity index (χ0n) is 75.0. The van der Waals surface area contributed by atoms with Crippen LogP contribution in [0, 0.1) is 88.9 Å². The van der Waals surface area contributed by atoms with E-state index in [0.29, 0.717) is 29.8 Å². The summed E-state index contributed by atoms with van der Waals surface area (Å²) in [7, 11) is 0. The van der Waals surface area contributed by atoms with Gasteiger partial charge in [-0.15, -0.1) is 0 Å². The van der Waals surface area contributed by atoms with Gasteiger partial charge in [-0.1, -0.05) is 319 Å². The Morgan fingerprint density at radius 3 is 1.12 bits per heavy atom. The predicted octanol–water partition coefficient (Wildman–Crippen LogP) is 33.2. The van der Waals surface area contributed by atoms with E-state index in [2.05, 4.69) is 256 Å². The monoisotopic (exact) mass is 1530 g/mol. The summed E-state index contributed by atoms with van der Waals surface area (Å²) in [6, 6.07) is 50.2. The predicted molar refractivity (Wildman–Crippen MR) is 491 cm³/mol. The Morgan fingerprint density at radius 1 is 0.363 bits per heavy atom. The standard InChI is InChI=1S/C29H40O2.C28H40.C28H38.C25H40O/c1-6-7-8-9-23-10-12-26(13-11-23)29(30)31-28-21(4)18-27(19-22(28)5)25-16-14-24(15-17-25)20(2)3;2*1-6-7-23-8-10-24(11-9-23)12-17-28-21(4)18-27(19-22(28)5)26-15-13-25(14-16-26)20(2)3;1-4-5-20-6-8-21(9-7-20)18-26-25-16-14-24(15-17-25)23-12-10-22(11-13-23)19(2)3/h14-20,23,26H,6-13H2,1-5H3;13-16,18-20,23-24H,6-12,17H2,1-5H3;12-20,23-24H,6-11H2,1-5H3;10-13,19-21,24-25H,4-9,14-18H2,1-3H3/b;;17-12+;. The van der Waals surface area contributed by atoms with Crippen LogP contribution in [0.1, 0.15) is 384 Å². The quantitative estimate of drug-likeness (QED) is 0.0279. The molecule has 0 atom stereocenters. The van der Waals surface area contributed by atoms with Crippen LogP contribution < -0.4 is 4.74 Å². The van der Waals surface area contributed by atoms with Crippen molar-refractivity contribution in [3.8, 4) is 39.1 Å². The van der Waals surface area contributed by atoms with E-state index < -0.39 is 0 Å². The van der Waals surface area contributed by atoms with Crippen LogP contribution in [-0.2, 0) is 16.0 Å². The van der Waals surface area contributed by atoms with E-state index in [9.17, 15) is 4.79 Å². The fraction of sp³-hybridized carbons (Fsp3) is 0.591. The van der Waals surface area contributed by atoms with Gasteiger partial charge >= 0.3 is 5.97 Å². The van der Waals surface area contributed by atoms with Crippen LogP contribution in [0.2, 0.25) is 0 Å². The van der Waals surface area contributed by atoms with Gasteiger partial charge in [0, 0.05) is 6.61 Å². The number of rotatable bonds is 28. The summed E-state index contributed by atoms with van der Waals surface area (Å²) in [4.78, 5) is 12.9. The van der Waals surface area contributed by atoms with Gasteiger partial charge in [0.15, 0.2) is 0 Å². The summed E-state index contributed by atoms with van der Waals surface area (Å²) in [5.74, 6) is 10.2. The molecule has 0 amide bonds. The molecule has 5 fully saturated rings. The number of allylic oxidation sites excluding steroid dienone is 1. The van der Waals surface area contributed by atoms with Crippen LogP contribution in [0.3, 0.4) is 0 Å². The molecular weight excluding hydrogens is 1370 g/mol. The highest BCUT2D eigenvalue weighted by Gasteiger charge is 2.30. The highest BCUT2D eigenvalue weighted by atomic mass is 16.5. The van der Waals surface area contributed by atoms with E-state index in [-0.39, 0.29) is 11.9 Å². The number of unbranched alkanes of at least 4 members (excludes halogenated alkanes) is 2. The number of aryl methyl sites for hydroxylation is 6. The van der Waals surface area contributed by atoms with Gasteiger partial charge in [0.05, 0.1) is 12.0 Å². The van der Waals surface area contributed by atoms with Gasteiger partial charge in [-0.05, 0) is 333 Å². The van der Waals surface area contributed by atoms with Crippen molar-refractivity contribution in [1.82, 2.24) is 0 Å². The molecule has 0 unspecified atom stereocenters. The third kappa shape index (κ3) is 28.2. The van der Waals surface area contributed by atoms with Gasteiger partial charge in [0.2, 0.25) is 0 Å². The zero-order chi connectivity index (χ0) is 80.9. The van der Waals surface area contributed by atoms with Crippen molar-refractivity contribution in [1.29, 1.82) is 0 Å². The van der Waals surface area contributed by atoms with Gasteiger partial charge in [-0.25, -0.2) is 0 Å². The van der Waals surface area contributed by atoms with Crippen molar-refractivity contribution in [3.63, 3.8) is 0 Å². The fourth-order valence-electron chi connectivity index (χ4n) is 19.9. The average Bonchev–Trinajstić information content (AvgIpc) is 0.862. The molecule has 7 aromatic carbocycles. The molecular formula is C110H158O3. The lowest BCUT2D eigenvalue weighted by Gasteiger charge is -2.32. The average molecular weight is 1530 g/mol. The smallest absolute Gasteiger partial charge is 0.314 e. The minimum Gasteiger partial charge on any atom is -0.426 e. The second-order valence-corrected chi connectivity index (χ2v) is 38.0. The van der Waals surface area contributed by atoms with E-state index in [4.69, 9.17) is 9.47 Å². The maximum Gasteiger partial charge on any atom is 0.314 e. The van der Waals surface area contributed by atoms with Crippen molar-refractivity contribution in [2.75, 3.05) is 6.61 Å². The lowest BCUT2D eigenvalue weighted by Crippen LogP contribution is -2.26. The summed E-state index contributed by atoms with van der Waals surface area (Å²) in [6.45, 7) is 41.5. The summed E-state index contributed by atoms with van der Waals surface area (Å²) in [5, 5.41) is 0. The molecule has 12 rings (SSSR count). The molecule has 0 aliphatic heterocycles. The number of benzene rings is 7. The Hall–Kier alpha value is -6.29. The fourth-order valence-corrected chi connectivity index (χ4v) is 19.9. The van der Waals surface area contributed by atoms with E-state index in [1.54, 1.807) is 11.1 Å². The molecule has 5 saturated carbocycles. The van der Waals surface area contributed by atoms with E-state index in [1.807, 2.05) is 13.8 Å². The first-order valence-corrected chi connectivity index (χ1v) is 46.7. The first-order valence-electron chi connectivity index (χ1n) is 46.7. The molecule has 7 aromatic rings. The number of carbonyl (C=O) groups is 1. The molecule has 0 radical (unpaired) electrons. The van der Waals surface area contributed by atoms with Crippen LogP contribution in [0.5, 0.6) is 5.75 Å². The van der Waals surface area contributed by atoms with Crippen LogP contribution in [0.15, 0.2) is 140 Å². The van der Waals surface area contributed by atoms with Gasteiger partial charge in [-0.3, -0.25) is 4.79 Å². The van der Waals surface area contributed by atoms with Gasteiger partial charge in [0.1, 0.15) is 5.75 Å². The Bertz CT molecular complexity index is 3840. The lowest BCUT2D eigenvalue weighted by atomic mass is 9.77. The summed E-state index contributed by atoms with van der Waals surface area (Å²) in [6.07, 6.45) is 48.3. The van der Waals surface area contributed by atoms with Crippen LogP contribution in [0.4, 0.5) is 0 Å². The van der Waals surface area contributed by atoms with Crippen molar-refractivity contribution in [2.45, 2.75) is 366 Å². The molecule has 0 aromatic heterocycles. The second kappa shape index (κ2) is 46.6. The lowest BCUT2D eigenvalue weighted by molar-refractivity contribution is -0.140. The van der Waals surface area contributed by atoms with E-state index in [1.165, 1.54) is 276 Å². The molecule has 113 heavy (non-hydrogen) atoms. The molecule has 5 aliphatic carbocycles. The van der Waals surface area contributed by atoms with Crippen molar-refractivity contribution in [3.05, 3.63) is 212 Å². The molecule has 3 heteroatoms. The molecule has 0 saturated heterocycles. The molecule has 0 heterocycles. The Labute approximate surface area is 692 Å².